The Labute approximate surface area is 245 Å². The third-order valence-corrected chi connectivity index (χ3v) is 8.11. The van der Waals surface area contributed by atoms with E-state index in [1.807, 2.05) is 48.5 Å². The Morgan fingerprint density at radius 2 is 1.34 bits per heavy atom. The number of nitrogens with two attached hydrogens (primary N) is 1. The van der Waals surface area contributed by atoms with Gasteiger partial charge >= 0.3 is 0 Å². The molecule has 3 amide bonds. The van der Waals surface area contributed by atoms with Crippen LogP contribution in [0.3, 0.4) is 0 Å². The number of carbonyl (C=O) groups excluding carboxylic acids is 3. The highest BCUT2D eigenvalue weighted by atomic mass is 35.5. The molecule has 0 aromatic heterocycles. The van der Waals surface area contributed by atoms with Crippen molar-refractivity contribution in [2.75, 3.05) is 6.54 Å². The number of rotatable bonds is 10. The highest BCUT2D eigenvalue weighted by Crippen LogP contribution is 2.43. The number of ether oxygens (including phenoxy) is 1. The van der Waals surface area contributed by atoms with Gasteiger partial charge in [-0.2, -0.15) is 0 Å². The topological polar surface area (TPSA) is 126 Å². The van der Waals surface area contributed by atoms with Gasteiger partial charge in [-0.05, 0) is 72.0 Å². The maximum absolute atomic E-state index is 13.6. The maximum atomic E-state index is 13.6. The zero-order valence-corrected chi connectivity index (χ0v) is 23.5. The summed E-state index contributed by atoms with van der Waals surface area (Å²) in [4.78, 5) is 39.5. The van der Waals surface area contributed by atoms with Crippen LogP contribution < -0.4 is 21.7 Å². The van der Waals surface area contributed by atoms with Crippen molar-refractivity contribution in [2.45, 2.75) is 62.4 Å². The summed E-state index contributed by atoms with van der Waals surface area (Å²) < 4.78 is 5.48. The summed E-state index contributed by atoms with van der Waals surface area (Å²) >= 11 is 0. The number of hydrogen-bond donors (Lipinski definition) is 4. The van der Waals surface area contributed by atoms with Gasteiger partial charge in [-0.15, -0.1) is 12.4 Å². The molecule has 3 aliphatic rings. The Bertz CT molecular complexity index is 1380. The third kappa shape index (κ3) is 6.00. The van der Waals surface area contributed by atoms with Crippen LogP contribution in [0.1, 0.15) is 47.6 Å². The van der Waals surface area contributed by atoms with Gasteiger partial charge in [0.05, 0.1) is 6.04 Å². The number of unbranched alkanes of at least 4 members (excludes halogenated alkanes) is 1. The fourth-order valence-corrected chi connectivity index (χ4v) is 6.02. The van der Waals surface area contributed by atoms with Crippen LogP contribution in [0.25, 0.3) is 11.1 Å². The van der Waals surface area contributed by atoms with Gasteiger partial charge in [-0.25, -0.2) is 0 Å². The van der Waals surface area contributed by atoms with E-state index in [1.165, 1.54) is 11.1 Å². The van der Waals surface area contributed by atoms with Gasteiger partial charge in [0, 0.05) is 6.04 Å². The van der Waals surface area contributed by atoms with Crippen LogP contribution in [-0.4, -0.2) is 48.6 Å². The summed E-state index contributed by atoms with van der Waals surface area (Å²) in [6, 6.07) is 23.1. The summed E-state index contributed by atoms with van der Waals surface area (Å²) in [6.07, 6.45) is 1.65. The lowest BCUT2D eigenvalue weighted by molar-refractivity contribution is -0.130. The number of hydrogen-bond acceptors (Lipinski definition) is 5. The number of amides is 3. The molecule has 41 heavy (non-hydrogen) atoms. The van der Waals surface area contributed by atoms with Gasteiger partial charge in [0.2, 0.25) is 5.91 Å². The number of benzene rings is 3. The largest absolute Gasteiger partial charge is 0.350 e. The van der Waals surface area contributed by atoms with Gasteiger partial charge in [0.15, 0.2) is 12.2 Å². The van der Waals surface area contributed by atoms with Crippen molar-refractivity contribution in [1.29, 1.82) is 0 Å². The van der Waals surface area contributed by atoms with Crippen molar-refractivity contribution in [1.82, 2.24) is 16.0 Å². The molecule has 214 valence electrons. The van der Waals surface area contributed by atoms with E-state index < -0.39 is 24.2 Å². The van der Waals surface area contributed by atoms with Crippen molar-refractivity contribution in [3.63, 3.8) is 0 Å². The van der Waals surface area contributed by atoms with E-state index in [0.29, 0.717) is 19.4 Å². The van der Waals surface area contributed by atoms with Crippen LogP contribution in [-0.2, 0) is 32.0 Å². The van der Waals surface area contributed by atoms with Crippen LogP contribution in [0, 0.1) is 0 Å². The molecule has 1 heterocycles. The smallest absolute Gasteiger partial charge is 0.253 e. The molecule has 3 aromatic rings. The predicted molar refractivity (Wildman–Crippen MR) is 158 cm³/mol. The third-order valence-electron chi connectivity index (χ3n) is 8.11. The van der Waals surface area contributed by atoms with E-state index in [2.05, 4.69) is 40.2 Å². The molecule has 1 saturated heterocycles. The number of fused-ring (bicyclic) bond motifs is 4. The molecule has 5 N–H and O–H groups in total. The van der Waals surface area contributed by atoms with Gasteiger partial charge < -0.3 is 26.4 Å². The average molecular weight is 575 g/mol. The van der Waals surface area contributed by atoms with Crippen LogP contribution in [0.2, 0.25) is 0 Å². The van der Waals surface area contributed by atoms with E-state index in [0.717, 1.165) is 41.5 Å². The lowest BCUT2D eigenvalue weighted by Crippen LogP contribution is -2.49. The van der Waals surface area contributed by atoms with Gasteiger partial charge in [-0.3, -0.25) is 14.4 Å². The highest BCUT2D eigenvalue weighted by Gasteiger charge is 2.51. The van der Waals surface area contributed by atoms with Crippen molar-refractivity contribution in [2.24, 2.45) is 5.73 Å². The van der Waals surface area contributed by atoms with Gasteiger partial charge in [0.1, 0.15) is 6.04 Å². The molecular formula is C32H35ClN4O4. The van der Waals surface area contributed by atoms with E-state index in [1.54, 1.807) is 0 Å². The van der Waals surface area contributed by atoms with E-state index >= 15 is 0 Å². The molecule has 3 aromatic carbocycles. The second-order valence-electron chi connectivity index (χ2n) is 10.8. The van der Waals surface area contributed by atoms with E-state index in [4.69, 9.17) is 10.5 Å². The monoisotopic (exact) mass is 574 g/mol. The summed E-state index contributed by atoms with van der Waals surface area (Å²) in [5.41, 5.74) is 12.4. The standard InChI is InChI=1S/C32H34N4O4.ClH/c33-16-8-7-15-26(30(37)36-27-24-13-5-3-11-22(24)23-12-4-6-14-25(23)27)35-32(39)29-28(40-29)31(38)34-21-17-19-9-1-2-10-20(19)18-21;/h1-6,9-14,21,26-29H,7-8,15-18,33H2,(H,34,38)(H,35,39)(H,36,37);1H/t26-,28-,29-;/m0./s1. The molecular weight excluding hydrogens is 540 g/mol. The molecule has 0 unspecified atom stereocenters. The first kappa shape index (κ1) is 28.8. The fourth-order valence-electron chi connectivity index (χ4n) is 6.02. The summed E-state index contributed by atoms with van der Waals surface area (Å²) in [7, 11) is 0. The maximum Gasteiger partial charge on any atom is 0.253 e. The molecule has 8 nitrogen and oxygen atoms in total. The molecule has 0 bridgehead atoms. The Kier molecular flexibility index (Phi) is 8.73. The quantitative estimate of drug-likeness (QED) is 0.219. The summed E-state index contributed by atoms with van der Waals surface area (Å²) in [6.45, 7) is 0.505. The summed E-state index contributed by atoms with van der Waals surface area (Å²) in [5, 5.41) is 9.04. The second-order valence-corrected chi connectivity index (χ2v) is 10.8. The van der Waals surface area contributed by atoms with Crippen molar-refractivity contribution in [3.05, 3.63) is 95.1 Å². The summed E-state index contributed by atoms with van der Waals surface area (Å²) in [5.74, 6) is -1.01. The predicted octanol–water partition coefficient (Wildman–Crippen LogP) is 2.96. The van der Waals surface area contributed by atoms with Crippen molar-refractivity contribution in [3.8, 4) is 11.1 Å². The first-order valence-electron chi connectivity index (χ1n) is 14.0. The number of epoxide rings is 1. The Balaban J connectivity index is 0.00000337. The van der Waals surface area contributed by atoms with Crippen LogP contribution in [0.15, 0.2) is 72.8 Å². The minimum atomic E-state index is -0.901. The van der Waals surface area contributed by atoms with E-state index in [-0.39, 0.29) is 36.3 Å². The lowest BCUT2D eigenvalue weighted by atomic mass is 10.0. The number of nitrogens with one attached hydrogen (secondary N) is 3. The molecule has 0 spiro atoms. The van der Waals surface area contributed by atoms with E-state index in [9.17, 15) is 14.4 Å². The Morgan fingerprint density at radius 1 is 0.780 bits per heavy atom. The number of carbonyl (C=O) groups is 3. The van der Waals surface area contributed by atoms with Gasteiger partial charge in [0.25, 0.3) is 11.8 Å². The molecule has 1 fully saturated rings. The van der Waals surface area contributed by atoms with Crippen LogP contribution in [0.4, 0.5) is 0 Å². The van der Waals surface area contributed by atoms with Crippen molar-refractivity contribution < 1.29 is 19.1 Å². The minimum absolute atomic E-state index is 0. The molecule has 1 aliphatic heterocycles. The normalized spacial score (nSPS) is 19.2. The lowest BCUT2D eigenvalue weighted by Gasteiger charge is -2.22. The minimum Gasteiger partial charge on any atom is -0.350 e. The molecule has 9 heteroatoms. The molecule has 3 atom stereocenters. The number of halogens is 1. The average Bonchev–Trinajstić information content (AvgIpc) is 3.59. The van der Waals surface area contributed by atoms with Crippen LogP contribution >= 0.6 is 12.4 Å². The zero-order chi connectivity index (χ0) is 27.6. The first-order valence-corrected chi connectivity index (χ1v) is 14.0. The zero-order valence-electron chi connectivity index (χ0n) is 22.7. The first-order chi connectivity index (χ1) is 19.5. The van der Waals surface area contributed by atoms with Gasteiger partial charge in [-0.1, -0.05) is 72.8 Å². The Hall–Kier alpha value is -3.72. The second kappa shape index (κ2) is 12.4. The SMILES string of the molecule is Cl.NCCCC[C@H](NC(=O)[C@H]1O[C@@H]1C(=O)NC1Cc2ccccc2C1)C(=O)NC1c2ccccc2-c2ccccc21. The van der Waals surface area contributed by atoms with Crippen molar-refractivity contribution >= 4 is 30.1 Å². The van der Waals surface area contributed by atoms with Crippen LogP contribution in [0.5, 0.6) is 0 Å². The molecule has 0 saturated carbocycles. The fraction of sp³-hybridized carbons (Fsp3) is 0.344. The highest BCUT2D eigenvalue weighted by molar-refractivity contribution is 5.97. The molecule has 0 radical (unpaired) electrons. The Morgan fingerprint density at radius 3 is 1.95 bits per heavy atom. The molecule has 2 aliphatic carbocycles. The molecule has 6 rings (SSSR count).